The lowest BCUT2D eigenvalue weighted by Crippen LogP contribution is -2.41. The van der Waals surface area contributed by atoms with Crippen LogP contribution in [0.2, 0.25) is 0 Å². The number of piperidine rings is 1. The van der Waals surface area contributed by atoms with Crippen LogP contribution in [-0.4, -0.2) is 34.0 Å². The summed E-state index contributed by atoms with van der Waals surface area (Å²) in [6, 6.07) is 1.12. The van der Waals surface area contributed by atoms with Crippen molar-refractivity contribution >= 4 is 17.0 Å². The molecule has 148 valence electrons. The van der Waals surface area contributed by atoms with Crippen molar-refractivity contribution in [3.05, 3.63) is 23.0 Å². The average molecular weight is 383 g/mol. The molecule has 0 spiro atoms. The smallest absolute Gasteiger partial charge is 0.342 e. The first-order chi connectivity index (χ1) is 12.8. The Hall–Kier alpha value is -2.12. The largest absolute Gasteiger partial charge is 0.417 e. The van der Waals surface area contributed by atoms with Gasteiger partial charge in [-0.15, -0.1) is 0 Å². The Morgan fingerprint density at radius 2 is 1.93 bits per heavy atom. The number of likely N-dealkylation sites (tertiary alicyclic amines) is 1. The van der Waals surface area contributed by atoms with Crippen molar-refractivity contribution in [1.29, 1.82) is 0 Å². The number of alkyl halides is 3. The van der Waals surface area contributed by atoms with Gasteiger partial charge in [0.05, 0.1) is 16.6 Å². The number of aryl methyl sites for hydroxylation is 1. The standard InChI is InChI=1S/C19H24F3N3O2/c1-4-12(5-2)18(26)25-8-6-13(7-9-25)15-10-14(19(20,21)22)16-11(3)24-27-17(16)23-15/h10,12-13H,4-9H2,1-3H3. The zero-order valence-electron chi connectivity index (χ0n) is 15.8. The lowest BCUT2D eigenvalue weighted by molar-refractivity contribution is -0.137. The number of nitrogens with zero attached hydrogens (tertiary/aromatic N) is 3. The van der Waals surface area contributed by atoms with Gasteiger partial charge in [0.15, 0.2) is 0 Å². The molecule has 0 radical (unpaired) electrons. The fourth-order valence-corrected chi connectivity index (χ4v) is 3.84. The summed E-state index contributed by atoms with van der Waals surface area (Å²) in [6.07, 6.45) is -1.72. The van der Waals surface area contributed by atoms with Crippen LogP contribution in [0.3, 0.4) is 0 Å². The number of amides is 1. The summed E-state index contributed by atoms with van der Waals surface area (Å²) >= 11 is 0. The van der Waals surface area contributed by atoms with Crippen molar-refractivity contribution < 1.29 is 22.5 Å². The minimum atomic E-state index is -4.50. The van der Waals surface area contributed by atoms with Gasteiger partial charge in [-0.2, -0.15) is 13.2 Å². The zero-order chi connectivity index (χ0) is 19.8. The lowest BCUT2D eigenvalue weighted by atomic mass is 9.90. The fraction of sp³-hybridized carbons (Fsp3) is 0.632. The maximum atomic E-state index is 13.5. The molecule has 0 unspecified atom stereocenters. The van der Waals surface area contributed by atoms with Crippen molar-refractivity contribution in [1.82, 2.24) is 15.0 Å². The summed E-state index contributed by atoms with van der Waals surface area (Å²) in [7, 11) is 0. The number of carbonyl (C=O) groups is 1. The Morgan fingerprint density at radius 1 is 1.30 bits per heavy atom. The Bertz CT molecular complexity index is 819. The number of fused-ring (bicyclic) bond motifs is 1. The topological polar surface area (TPSA) is 59.2 Å². The van der Waals surface area contributed by atoms with E-state index in [0.717, 1.165) is 18.9 Å². The highest BCUT2D eigenvalue weighted by Gasteiger charge is 2.37. The molecule has 1 fully saturated rings. The summed E-state index contributed by atoms with van der Waals surface area (Å²) in [6.45, 7) is 6.55. The molecule has 1 amide bonds. The maximum Gasteiger partial charge on any atom is 0.417 e. The second kappa shape index (κ2) is 7.48. The second-order valence-electron chi connectivity index (χ2n) is 7.15. The van der Waals surface area contributed by atoms with Crippen LogP contribution in [0.5, 0.6) is 0 Å². The molecule has 2 aromatic rings. The molecular formula is C19H24F3N3O2. The van der Waals surface area contributed by atoms with Crippen molar-refractivity contribution in [2.45, 2.75) is 58.5 Å². The van der Waals surface area contributed by atoms with E-state index in [9.17, 15) is 18.0 Å². The van der Waals surface area contributed by atoms with E-state index in [1.165, 1.54) is 6.92 Å². The van der Waals surface area contributed by atoms with Gasteiger partial charge in [-0.05, 0) is 38.7 Å². The SMILES string of the molecule is CCC(CC)C(=O)N1CCC(c2cc(C(F)(F)F)c3c(C)noc3n2)CC1. The van der Waals surface area contributed by atoms with Crippen molar-refractivity contribution in [2.24, 2.45) is 5.92 Å². The number of hydrogen-bond acceptors (Lipinski definition) is 4. The molecule has 5 nitrogen and oxygen atoms in total. The number of aromatic nitrogens is 2. The minimum absolute atomic E-state index is 0.0185. The molecule has 0 N–H and O–H groups in total. The van der Waals surface area contributed by atoms with Gasteiger partial charge < -0.3 is 9.42 Å². The zero-order valence-corrected chi connectivity index (χ0v) is 15.8. The minimum Gasteiger partial charge on any atom is -0.342 e. The van der Waals surface area contributed by atoms with Crippen molar-refractivity contribution in [3.8, 4) is 0 Å². The molecule has 0 saturated carbocycles. The first kappa shape index (κ1) is 19.6. The highest BCUT2D eigenvalue weighted by atomic mass is 19.4. The molecule has 0 atom stereocenters. The fourth-order valence-electron chi connectivity index (χ4n) is 3.84. The third kappa shape index (κ3) is 3.80. The third-order valence-electron chi connectivity index (χ3n) is 5.50. The summed E-state index contributed by atoms with van der Waals surface area (Å²) in [5, 5.41) is 3.56. The predicted octanol–water partition coefficient (Wildman–Crippen LogP) is 4.69. The van der Waals surface area contributed by atoms with E-state index < -0.39 is 11.7 Å². The molecule has 27 heavy (non-hydrogen) atoms. The maximum absolute atomic E-state index is 13.5. The Balaban J connectivity index is 1.83. The predicted molar refractivity (Wildman–Crippen MR) is 94.2 cm³/mol. The van der Waals surface area contributed by atoms with Gasteiger partial charge in [0.1, 0.15) is 0 Å². The number of pyridine rings is 1. The lowest BCUT2D eigenvalue weighted by Gasteiger charge is -2.34. The van der Waals surface area contributed by atoms with E-state index >= 15 is 0 Å². The van der Waals surface area contributed by atoms with Gasteiger partial charge in [0.2, 0.25) is 5.91 Å². The number of carbonyl (C=O) groups excluding carboxylic acids is 1. The monoisotopic (exact) mass is 383 g/mol. The molecule has 0 aliphatic carbocycles. The third-order valence-corrected chi connectivity index (χ3v) is 5.50. The van der Waals surface area contributed by atoms with Crippen molar-refractivity contribution in [3.63, 3.8) is 0 Å². The molecule has 0 bridgehead atoms. The number of rotatable bonds is 4. The Morgan fingerprint density at radius 3 is 2.48 bits per heavy atom. The molecule has 0 aromatic carbocycles. The van der Waals surface area contributed by atoms with Crippen LogP contribution >= 0.6 is 0 Å². The first-order valence-electron chi connectivity index (χ1n) is 9.39. The van der Waals surface area contributed by atoms with Gasteiger partial charge in [0, 0.05) is 30.6 Å². The van der Waals surface area contributed by atoms with Crippen molar-refractivity contribution in [2.75, 3.05) is 13.1 Å². The average Bonchev–Trinajstić information content (AvgIpc) is 3.02. The molecule has 8 heteroatoms. The highest BCUT2D eigenvalue weighted by molar-refractivity contribution is 5.81. The molecule has 1 aliphatic rings. The quantitative estimate of drug-likeness (QED) is 0.768. The normalized spacial score (nSPS) is 16.5. The number of halogens is 3. The van der Waals surface area contributed by atoms with Gasteiger partial charge in [-0.25, -0.2) is 4.98 Å². The van der Waals surface area contributed by atoms with E-state index in [2.05, 4.69) is 10.1 Å². The Labute approximate surface area is 155 Å². The van der Waals surface area contributed by atoms with Gasteiger partial charge in [-0.1, -0.05) is 19.0 Å². The molecule has 3 rings (SSSR count). The summed E-state index contributed by atoms with van der Waals surface area (Å²) in [5.74, 6) is 0.0281. The molecule has 1 saturated heterocycles. The van der Waals surface area contributed by atoms with E-state index in [-0.39, 0.29) is 34.5 Å². The molecule has 2 aromatic heterocycles. The summed E-state index contributed by atoms with van der Waals surface area (Å²) < 4.78 is 45.5. The van der Waals surface area contributed by atoms with Crippen LogP contribution in [0, 0.1) is 12.8 Å². The van der Waals surface area contributed by atoms with Crippen LogP contribution in [0.15, 0.2) is 10.6 Å². The van der Waals surface area contributed by atoms with E-state index in [1.54, 1.807) is 0 Å². The molecule has 3 heterocycles. The summed E-state index contributed by atoms with van der Waals surface area (Å²) in [5.41, 5.74) is -0.285. The summed E-state index contributed by atoms with van der Waals surface area (Å²) in [4.78, 5) is 18.6. The van der Waals surface area contributed by atoms with Gasteiger partial charge in [-0.3, -0.25) is 4.79 Å². The van der Waals surface area contributed by atoms with E-state index in [1.807, 2.05) is 18.7 Å². The van der Waals surface area contributed by atoms with Crippen LogP contribution in [0.25, 0.3) is 11.1 Å². The molecule has 1 aliphatic heterocycles. The second-order valence-corrected chi connectivity index (χ2v) is 7.15. The van der Waals surface area contributed by atoms with Crippen LogP contribution < -0.4 is 0 Å². The number of hydrogen-bond donors (Lipinski definition) is 0. The van der Waals surface area contributed by atoms with Crippen LogP contribution in [0.1, 0.15) is 62.4 Å². The van der Waals surface area contributed by atoms with E-state index in [4.69, 9.17) is 4.52 Å². The Kier molecular flexibility index (Phi) is 5.44. The van der Waals surface area contributed by atoms with Gasteiger partial charge in [0.25, 0.3) is 5.71 Å². The first-order valence-corrected chi connectivity index (χ1v) is 9.39. The van der Waals surface area contributed by atoms with Gasteiger partial charge >= 0.3 is 6.18 Å². The van der Waals surface area contributed by atoms with E-state index in [0.29, 0.717) is 31.6 Å². The van der Waals surface area contributed by atoms with Crippen LogP contribution in [0.4, 0.5) is 13.2 Å². The highest BCUT2D eigenvalue weighted by Crippen LogP contribution is 2.39. The van der Waals surface area contributed by atoms with Crippen LogP contribution in [-0.2, 0) is 11.0 Å². The molecular weight excluding hydrogens is 359 g/mol.